The summed E-state index contributed by atoms with van der Waals surface area (Å²) < 4.78 is 11.5. The van der Waals surface area contributed by atoms with Crippen LogP contribution in [0, 0.1) is 6.92 Å². The fraction of sp³-hybridized carbons (Fsp3) is 0.200. The van der Waals surface area contributed by atoms with E-state index in [1.807, 2.05) is 49.4 Å². The molecule has 0 saturated carbocycles. The van der Waals surface area contributed by atoms with Gasteiger partial charge >= 0.3 is 0 Å². The lowest BCUT2D eigenvalue weighted by Crippen LogP contribution is -2.20. The van der Waals surface area contributed by atoms with Gasteiger partial charge in [-0.05, 0) is 66.4 Å². The van der Waals surface area contributed by atoms with Crippen LogP contribution in [-0.2, 0) is 4.79 Å². The molecule has 0 aliphatic rings. The van der Waals surface area contributed by atoms with Gasteiger partial charge in [0.2, 0.25) is 5.89 Å². The summed E-state index contributed by atoms with van der Waals surface area (Å²) in [6, 6.07) is 18.7. The topological polar surface area (TPSA) is 64.4 Å². The van der Waals surface area contributed by atoms with E-state index >= 15 is 0 Å². The first-order chi connectivity index (χ1) is 14.9. The van der Waals surface area contributed by atoms with Crippen LogP contribution in [-0.4, -0.2) is 17.5 Å². The predicted octanol–water partition coefficient (Wildman–Crippen LogP) is 6.60. The Bertz CT molecular complexity index is 1250. The molecule has 0 radical (unpaired) electrons. The van der Waals surface area contributed by atoms with Crippen LogP contribution >= 0.6 is 11.6 Å². The highest BCUT2D eigenvalue weighted by atomic mass is 35.5. The lowest BCUT2D eigenvalue weighted by molar-refractivity contribution is -0.118. The van der Waals surface area contributed by atoms with Crippen LogP contribution in [0.1, 0.15) is 30.9 Å². The second-order valence-electron chi connectivity index (χ2n) is 7.75. The van der Waals surface area contributed by atoms with Crippen molar-refractivity contribution in [2.45, 2.75) is 26.7 Å². The normalized spacial score (nSPS) is 11.1. The van der Waals surface area contributed by atoms with Crippen molar-refractivity contribution >= 4 is 34.3 Å². The summed E-state index contributed by atoms with van der Waals surface area (Å²) in [4.78, 5) is 16.9. The summed E-state index contributed by atoms with van der Waals surface area (Å²) in [5.74, 6) is 1.19. The molecule has 0 aliphatic heterocycles. The quantitative estimate of drug-likeness (QED) is 0.371. The van der Waals surface area contributed by atoms with Crippen molar-refractivity contribution in [2.75, 3.05) is 11.9 Å². The Morgan fingerprint density at radius 1 is 1.13 bits per heavy atom. The standard InChI is InChI=1S/C25H23ClN2O3/c1-15(2)17-7-10-23-22(12-17)28-25(31-23)20-13-18(8-9-21(20)26)27-24(29)14-30-19-6-4-5-16(3)11-19/h4-13,15H,14H2,1-3H3,(H,27,29). The zero-order valence-electron chi connectivity index (χ0n) is 17.6. The monoisotopic (exact) mass is 434 g/mol. The fourth-order valence-electron chi connectivity index (χ4n) is 3.24. The van der Waals surface area contributed by atoms with Crippen LogP contribution in [0.3, 0.4) is 0 Å². The van der Waals surface area contributed by atoms with Gasteiger partial charge in [-0.25, -0.2) is 4.98 Å². The average Bonchev–Trinajstić information content (AvgIpc) is 3.17. The largest absolute Gasteiger partial charge is 0.484 e. The summed E-state index contributed by atoms with van der Waals surface area (Å²) >= 11 is 6.40. The first-order valence-corrected chi connectivity index (χ1v) is 10.5. The molecule has 0 aliphatic carbocycles. The van der Waals surface area contributed by atoms with Gasteiger partial charge in [-0.1, -0.05) is 43.6 Å². The SMILES string of the molecule is Cc1cccc(OCC(=O)Nc2ccc(Cl)c(-c3nc4cc(C(C)C)ccc4o3)c2)c1. The molecule has 0 bridgehead atoms. The van der Waals surface area contributed by atoms with E-state index in [9.17, 15) is 4.79 Å². The minimum atomic E-state index is -0.270. The number of carbonyl (C=O) groups excluding carboxylic acids is 1. The number of nitrogens with zero attached hydrogens (tertiary/aromatic N) is 1. The second kappa shape index (κ2) is 8.82. The van der Waals surface area contributed by atoms with Crippen LogP contribution in [0.2, 0.25) is 5.02 Å². The smallest absolute Gasteiger partial charge is 0.262 e. The van der Waals surface area contributed by atoms with Gasteiger partial charge in [0.05, 0.1) is 10.6 Å². The molecular formula is C25H23ClN2O3. The van der Waals surface area contributed by atoms with E-state index in [1.165, 1.54) is 5.56 Å². The van der Waals surface area contributed by atoms with Crippen molar-refractivity contribution in [3.05, 3.63) is 76.8 Å². The Balaban J connectivity index is 1.51. The minimum absolute atomic E-state index is 0.0950. The number of halogens is 1. The first-order valence-electron chi connectivity index (χ1n) is 10.1. The number of carbonyl (C=O) groups is 1. The lowest BCUT2D eigenvalue weighted by Gasteiger charge is -2.09. The average molecular weight is 435 g/mol. The van der Waals surface area contributed by atoms with E-state index in [0.29, 0.717) is 39.4 Å². The number of oxazole rings is 1. The van der Waals surface area contributed by atoms with Crippen molar-refractivity contribution in [3.63, 3.8) is 0 Å². The molecular weight excluding hydrogens is 412 g/mol. The number of nitrogens with one attached hydrogen (secondary N) is 1. The summed E-state index contributed by atoms with van der Waals surface area (Å²) in [5, 5.41) is 3.32. The maximum atomic E-state index is 12.3. The fourth-order valence-corrected chi connectivity index (χ4v) is 3.44. The van der Waals surface area contributed by atoms with Gasteiger partial charge in [0.1, 0.15) is 11.3 Å². The molecule has 3 aromatic carbocycles. The van der Waals surface area contributed by atoms with Gasteiger partial charge in [0.15, 0.2) is 12.2 Å². The summed E-state index contributed by atoms with van der Waals surface area (Å²) in [7, 11) is 0. The van der Waals surface area contributed by atoms with E-state index < -0.39 is 0 Å². The van der Waals surface area contributed by atoms with Gasteiger partial charge in [-0.2, -0.15) is 0 Å². The number of rotatable bonds is 6. The van der Waals surface area contributed by atoms with Crippen LogP contribution in [0.25, 0.3) is 22.6 Å². The van der Waals surface area contributed by atoms with Gasteiger partial charge in [0.25, 0.3) is 5.91 Å². The van der Waals surface area contributed by atoms with Crippen LogP contribution < -0.4 is 10.1 Å². The zero-order chi connectivity index (χ0) is 22.0. The Labute approximate surface area is 186 Å². The first kappa shape index (κ1) is 20.9. The molecule has 158 valence electrons. The van der Waals surface area contributed by atoms with Crippen molar-refractivity contribution in [1.29, 1.82) is 0 Å². The van der Waals surface area contributed by atoms with Crippen molar-refractivity contribution in [2.24, 2.45) is 0 Å². The number of hydrogen-bond donors (Lipinski definition) is 1. The highest BCUT2D eigenvalue weighted by Gasteiger charge is 2.14. The second-order valence-corrected chi connectivity index (χ2v) is 8.16. The summed E-state index contributed by atoms with van der Waals surface area (Å²) in [6.45, 7) is 6.14. The lowest BCUT2D eigenvalue weighted by atomic mass is 10.0. The van der Waals surface area contributed by atoms with Crippen molar-refractivity contribution in [3.8, 4) is 17.2 Å². The van der Waals surface area contributed by atoms with E-state index in [2.05, 4.69) is 24.1 Å². The molecule has 4 rings (SSSR count). The molecule has 1 N–H and O–H groups in total. The van der Waals surface area contributed by atoms with Gasteiger partial charge < -0.3 is 14.5 Å². The highest BCUT2D eigenvalue weighted by molar-refractivity contribution is 6.33. The third-order valence-electron chi connectivity index (χ3n) is 4.92. The molecule has 1 aromatic heterocycles. The predicted molar refractivity (Wildman–Crippen MR) is 124 cm³/mol. The number of ether oxygens (including phenoxy) is 1. The maximum absolute atomic E-state index is 12.3. The van der Waals surface area contributed by atoms with Crippen molar-refractivity contribution < 1.29 is 13.9 Å². The van der Waals surface area contributed by atoms with E-state index in [4.69, 9.17) is 20.8 Å². The van der Waals surface area contributed by atoms with Crippen LogP contribution in [0.4, 0.5) is 5.69 Å². The molecule has 0 fully saturated rings. The Kier molecular flexibility index (Phi) is 5.96. The number of aryl methyl sites for hydroxylation is 1. The van der Waals surface area contributed by atoms with Gasteiger partial charge in [-0.3, -0.25) is 4.79 Å². The number of anilines is 1. The van der Waals surface area contributed by atoms with Gasteiger partial charge in [0, 0.05) is 5.69 Å². The Hall–Kier alpha value is -3.31. The molecule has 1 amide bonds. The number of hydrogen-bond acceptors (Lipinski definition) is 4. The number of fused-ring (bicyclic) bond motifs is 1. The third kappa shape index (κ3) is 4.89. The highest BCUT2D eigenvalue weighted by Crippen LogP contribution is 2.33. The van der Waals surface area contributed by atoms with Gasteiger partial charge in [-0.15, -0.1) is 0 Å². The van der Waals surface area contributed by atoms with Crippen LogP contribution in [0.5, 0.6) is 5.75 Å². The maximum Gasteiger partial charge on any atom is 0.262 e. The summed E-state index contributed by atoms with van der Waals surface area (Å²) in [5.41, 5.74) is 4.92. The molecule has 6 heteroatoms. The zero-order valence-corrected chi connectivity index (χ0v) is 18.4. The summed E-state index contributed by atoms with van der Waals surface area (Å²) in [6.07, 6.45) is 0. The number of aromatic nitrogens is 1. The Morgan fingerprint density at radius 2 is 1.97 bits per heavy atom. The minimum Gasteiger partial charge on any atom is -0.484 e. The molecule has 4 aromatic rings. The number of amides is 1. The molecule has 0 unspecified atom stereocenters. The van der Waals surface area contributed by atoms with E-state index in [0.717, 1.165) is 11.1 Å². The molecule has 31 heavy (non-hydrogen) atoms. The van der Waals surface area contributed by atoms with E-state index in [1.54, 1.807) is 18.2 Å². The molecule has 0 atom stereocenters. The number of benzene rings is 3. The molecule has 0 saturated heterocycles. The van der Waals surface area contributed by atoms with E-state index in [-0.39, 0.29) is 12.5 Å². The molecule has 5 nitrogen and oxygen atoms in total. The molecule has 1 heterocycles. The molecule has 0 spiro atoms. The van der Waals surface area contributed by atoms with Crippen molar-refractivity contribution in [1.82, 2.24) is 4.98 Å². The third-order valence-corrected chi connectivity index (χ3v) is 5.25. The Morgan fingerprint density at radius 3 is 2.74 bits per heavy atom. The van der Waals surface area contributed by atoms with Crippen LogP contribution in [0.15, 0.2) is 65.1 Å².